The van der Waals surface area contributed by atoms with Gasteiger partial charge in [0.1, 0.15) is 5.75 Å². The van der Waals surface area contributed by atoms with E-state index in [0.29, 0.717) is 15.4 Å². The number of phenolic OH excluding ortho intramolecular Hbond substituents is 1. The van der Waals surface area contributed by atoms with Crippen LogP contribution < -0.4 is 0 Å². The molecule has 0 aliphatic heterocycles. The maximum atomic E-state index is 14.1. The predicted octanol–water partition coefficient (Wildman–Crippen LogP) is 4.64. The molecule has 0 aliphatic carbocycles. The molecule has 3 aromatic rings. The minimum atomic E-state index is -4.97. The molecule has 0 bridgehead atoms. The normalized spacial score (nSPS) is 15.1. The summed E-state index contributed by atoms with van der Waals surface area (Å²) in [6.07, 6.45) is -4.28. The van der Waals surface area contributed by atoms with E-state index in [1.54, 1.807) is 6.07 Å². The van der Waals surface area contributed by atoms with Gasteiger partial charge in [0.15, 0.2) is 20.5 Å². The molecule has 11 heteroatoms. The third kappa shape index (κ3) is 4.94. The minimum absolute atomic E-state index is 0.0709. The van der Waals surface area contributed by atoms with Crippen LogP contribution in [0, 0.1) is 0 Å². The number of hydrogen-bond acceptors (Lipinski definition) is 5. The molecule has 2 aromatic heterocycles. The standard InChI is InChI=1S/C21H22BrF3N2O4S/c1-19(2,15-8-13(22)4-5-17(15)28)11-20(29,21(23,24)25)9-14-6-12-7-18(32(3,30)31)26-10-16(12)27-14/h4-8,10,27-29H,9,11H2,1-3H3. The van der Waals surface area contributed by atoms with E-state index in [-0.39, 0.29) is 22.0 Å². The summed E-state index contributed by atoms with van der Waals surface area (Å²) in [4.78, 5) is 6.59. The van der Waals surface area contributed by atoms with Gasteiger partial charge in [-0.15, -0.1) is 0 Å². The Bertz CT molecular complexity index is 1270. The van der Waals surface area contributed by atoms with Crippen LogP contribution in [0.4, 0.5) is 13.2 Å². The number of aromatic amines is 1. The quantitative estimate of drug-likeness (QED) is 0.427. The lowest BCUT2D eigenvalue weighted by Crippen LogP contribution is -2.50. The Morgan fingerprint density at radius 3 is 2.41 bits per heavy atom. The summed E-state index contributed by atoms with van der Waals surface area (Å²) in [6.45, 7) is 3.03. The second-order valence-corrected chi connectivity index (χ2v) is 11.5. The van der Waals surface area contributed by atoms with Gasteiger partial charge >= 0.3 is 6.18 Å². The number of nitrogens with zero attached hydrogens (tertiary/aromatic N) is 1. The SMILES string of the molecule is CC(C)(CC(O)(Cc1cc2cc(S(C)(=O)=O)ncc2[nH]1)C(F)(F)F)c1cc(Br)ccc1O. The van der Waals surface area contributed by atoms with Gasteiger partial charge in [0.05, 0.1) is 11.7 Å². The molecule has 0 radical (unpaired) electrons. The molecule has 0 fully saturated rings. The van der Waals surface area contributed by atoms with Crippen molar-refractivity contribution in [2.75, 3.05) is 6.26 Å². The molecule has 0 saturated heterocycles. The van der Waals surface area contributed by atoms with Crippen molar-refractivity contribution in [1.82, 2.24) is 9.97 Å². The van der Waals surface area contributed by atoms with Gasteiger partial charge in [-0.3, -0.25) is 0 Å². The molecular formula is C21H22BrF3N2O4S. The van der Waals surface area contributed by atoms with Crippen LogP contribution in [0.5, 0.6) is 5.75 Å². The van der Waals surface area contributed by atoms with Crippen LogP contribution in [0.3, 0.4) is 0 Å². The van der Waals surface area contributed by atoms with Crippen molar-refractivity contribution >= 4 is 36.7 Å². The van der Waals surface area contributed by atoms with E-state index in [4.69, 9.17) is 0 Å². The van der Waals surface area contributed by atoms with Gasteiger partial charge in [-0.1, -0.05) is 29.8 Å². The zero-order valence-corrected chi connectivity index (χ0v) is 19.9. The highest BCUT2D eigenvalue weighted by molar-refractivity contribution is 9.10. The van der Waals surface area contributed by atoms with E-state index in [0.717, 1.165) is 6.26 Å². The molecule has 3 rings (SSSR count). The Kier molecular flexibility index (Phi) is 6.16. The first-order chi connectivity index (χ1) is 14.5. The molecule has 2 heterocycles. The van der Waals surface area contributed by atoms with E-state index < -0.39 is 39.9 Å². The van der Waals surface area contributed by atoms with E-state index in [1.807, 2.05) is 0 Å². The minimum Gasteiger partial charge on any atom is -0.508 e. The Balaban J connectivity index is 2.00. The number of phenols is 1. The summed E-state index contributed by atoms with van der Waals surface area (Å²) in [7, 11) is -3.59. The number of hydrogen-bond donors (Lipinski definition) is 3. The van der Waals surface area contributed by atoms with Crippen LogP contribution >= 0.6 is 15.9 Å². The number of benzene rings is 1. The molecule has 6 nitrogen and oxygen atoms in total. The van der Waals surface area contributed by atoms with Crippen LogP contribution in [0.2, 0.25) is 0 Å². The summed E-state index contributed by atoms with van der Waals surface area (Å²) < 4.78 is 66.2. The average Bonchev–Trinajstić information content (AvgIpc) is 3.02. The Labute approximate surface area is 191 Å². The highest BCUT2D eigenvalue weighted by atomic mass is 79.9. The lowest BCUT2D eigenvalue weighted by molar-refractivity contribution is -0.266. The van der Waals surface area contributed by atoms with Gasteiger partial charge in [0.25, 0.3) is 0 Å². The van der Waals surface area contributed by atoms with Crippen molar-refractivity contribution < 1.29 is 31.8 Å². The van der Waals surface area contributed by atoms with Crippen molar-refractivity contribution in [3.63, 3.8) is 0 Å². The van der Waals surface area contributed by atoms with Gasteiger partial charge in [0, 0.05) is 33.8 Å². The second kappa shape index (κ2) is 8.03. The lowest BCUT2D eigenvalue weighted by atomic mass is 9.73. The van der Waals surface area contributed by atoms with Gasteiger partial charge in [-0.2, -0.15) is 13.2 Å². The van der Waals surface area contributed by atoms with Crippen molar-refractivity contribution in [3.05, 3.63) is 52.3 Å². The number of pyridine rings is 1. The number of rotatable bonds is 6. The zero-order valence-electron chi connectivity index (χ0n) is 17.5. The van der Waals surface area contributed by atoms with Gasteiger partial charge < -0.3 is 15.2 Å². The predicted molar refractivity (Wildman–Crippen MR) is 117 cm³/mol. The molecule has 1 atom stereocenters. The van der Waals surface area contributed by atoms with E-state index in [9.17, 15) is 31.8 Å². The molecule has 32 heavy (non-hydrogen) atoms. The fraction of sp³-hybridized carbons (Fsp3) is 0.381. The zero-order chi connectivity index (χ0) is 24.1. The lowest BCUT2D eigenvalue weighted by Gasteiger charge is -2.38. The second-order valence-electron chi connectivity index (χ2n) is 8.60. The van der Waals surface area contributed by atoms with Crippen LogP contribution in [0.25, 0.3) is 10.9 Å². The summed E-state index contributed by atoms with van der Waals surface area (Å²) in [5, 5.41) is 21.2. The number of fused-ring (bicyclic) bond motifs is 1. The Hall–Kier alpha value is -2.11. The fourth-order valence-corrected chi connectivity index (χ4v) is 4.77. The van der Waals surface area contributed by atoms with Crippen LogP contribution in [0.1, 0.15) is 31.5 Å². The smallest absolute Gasteiger partial charge is 0.417 e. The van der Waals surface area contributed by atoms with Crippen molar-refractivity contribution in [3.8, 4) is 5.75 Å². The first-order valence-electron chi connectivity index (χ1n) is 9.48. The van der Waals surface area contributed by atoms with Crippen LogP contribution in [-0.2, 0) is 21.7 Å². The Morgan fingerprint density at radius 1 is 1.16 bits per heavy atom. The number of sulfone groups is 1. The molecule has 1 unspecified atom stereocenters. The summed E-state index contributed by atoms with van der Waals surface area (Å²) in [6, 6.07) is 7.09. The van der Waals surface area contributed by atoms with E-state index in [1.165, 1.54) is 44.3 Å². The maximum Gasteiger partial charge on any atom is 0.417 e. The van der Waals surface area contributed by atoms with Crippen molar-refractivity contribution in [1.29, 1.82) is 0 Å². The monoisotopic (exact) mass is 534 g/mol. The van der Waals surface area contributed by atoms with Crippen LogP contribution in [0.15, 0.2) is 46.0 Å². The fourth-order valence-electron chi connectivity index (χ4n) is 3.82. The Morgan fingerprint density at radius 2 is 1.81 bits per heavy atom. The first-order valence-corrected chi connectivity index (χ1v) is 12.2. The number of aromatic nitrogens is 2. The molecule has 174 valence electrons. The number of aliphatic hydroxyl groups is 1. The van der Waals surface area contributed by atoms with Crippen molar-refractivity contribution in [2.24, 2.45) is 0 Å². The molecular weight excluding hydrogens is 513 g/mol. The number of nitrogens with one attached hydrogen (secondary N) is 1. The van der Waals surface area contributed by atoms with Gasteiger partial charge in [0.2, 0.25) is 0 Å². The summed E-state index contributed by atoms with van der Waals surface area (Å²) in [5.74, 6) is -0.173. The van der Waals surface area contributed by atoms with Crippen molar-refractivity contribution in [2.45, 2.75) is 48.9 Å². The summed E-state index contributed by atoms with van der Waals surface area (Å²) >= 11 is 3.25. The van der Waals surface area contributed by atoms with E-state index in [2.05, 4.69) is 25.9 Å². The molecule has 0 saturated carbocycles. The maximum absolute atomic E-state index is 14.1. The average molecular weight is 535 g/mol. The van der Waals surface area contributed by atoms with Gasteiger partial charge in [-0.25, -0.2) is 13.4 Å². The molecule has 3 N–H and O–H groups in total. The molecule has 0 amide bonds. The number of aromatic hydroxyl groups is 1. The largest absolute Gasteiger partial charge is 0.508 e. The first kappa shape index (κ1) is 24.5. The summed E-state index contributed by atoms with van der Waals surface area (Å²) in [5.41, 5.74) is -3.69. The molecule has 0 spiro atoms. The highest BCUT2D eigenvalue weighted by Gasteiger charge is 2.56. The third-order valence-electron chi connectivity index (χ3n) is 5.35. The van der Waals surface area contributed by atoms with Crippen LogP contribution in [-0.4, -0.2) is 46.6 Å². The number of alkyl halides is 3. The third-order valence-corrected chi connectivity index (χ3v) is 6.82. The molecule has 0 aliphatic rings. The topological polar surface area (TPSA) is 103 Å². The van der Waals surface area contributed by atoms with Gasteiger partial charge in [-0.05, 0) is 42.2 Å². The number of halogens is 4. The molecule has 1 aromatic carbocycles. The highest BCUT2D eigenvalue weighted by Crippen LogP contribution is 2.45. The van der Waals surface area contributed by atoms with E-state index >= 15 is 0 Å². The number of H-pyrrole nitrogens is 1.